The molecule has 0 heterocycles. The maximum atomic E-state index is 12.7. The monoisotopic (exact) mass is 313 g/mol. The Hall–Kier alpha value is -2.82. The van der Waals surface area contributed by atoms with Gasteiger partial charge in [-0.2, -0.15) is 0 Å². The van der Waals surface area contributed by atoms with Gasteiger partial charge in [0.05, 0.1) is 17.7 Å². The van der Waals surface area contributed by atoms with E-state index in [4.69, 9.17) is 15.6 Å². The summed E-state index contributed by atoms with van der Waals surface area (Å²) >= 11 is 0. The number of carbonyl (C=O) groups is 2. The summed E-state index contributed by atoms with van der Waals surface area (Å²) in [5.74, 6) is -0.988. The van der Waals surface area contributed by atoms with E-state index < -0.39 is 5.97 Å². The van der Waals surface area contributed by atoms with Gasteiger partial charge in [0.1, 0.15) is 5.75 Å². The number of rotatable bonds is 6. The van der Waals surface area contributed by atoms with Crippen LogP contribution in [0.15, 0.2) is 42.5 Å². The third-order valence-electron chi connectivity index (χ3n) is 3.21. The van der Waals surface area contributed by atoms with Gasteiger partial charge in [0.25, 0.3) is 0 Å². The molecule has 0 fully saturated rings. The fourth-order valence-electron chi connectivity index (χ4n) is 2.11. The molecule has 5 heteroatoms. The van der Waals surface area contributed by atoms with Crippen molar-refractivity contribution >= 4 is 17.4 Å². The van der Waals surface area contributed by atoms with Crippen molar-refractivity contribution in [1.29, 1.82) is 0 Å². The predicted octanol–water partition coefficient (Wildman–Crippen LogP) is 3.23. The molecule has 23 heavy (non-hydrogen) atoms. The van der Waals surface area contributed by atoms with E-state index in [9.17, 15) is 9.59 Å². The molecule has 5 nitrogen and oxygen atoms in total. The first-order valence-corrected chi connectivity index (χ1v) is 7.29. The Bertz CT molecular complexity index is 723. The topological polar surface area (TPSA) is 89.6 Å². The fourth-order valence-corrected chi connectivity index (χ4v) is 2.11. The first-order valence-electron chi connectivity index (χ1n) is 7.29. The lowest BCUT2D eigenvalue weighted by atomic mass is 9.99. The lowest BCUT2D eigenvalue weighted by Crippen LogP contribution is -2.13. The average molecular weight is 313 g/mol. The van der Waals surface area contributed by atoms with Gasteiger partial charge in [-0.3, -0.25) is 4.79 Å². The number of carboxylic acid groups (broad SMARTS) is 1. The Morgan fingerprint density at radius 1 is 1.13 bits per heavy atom. The Kier molecular flexibility index (Phi) is 5.01. The summed E-state index contributed by atoms with van der Waals surface area (Å²) in [5.41, 5.74) is 6.69. The minimum Gasteiger partial charge on any atom is -0.492 e. The zero-order chi connectivity index (χ0) is 17.0. The van der Waals surface area contributed by atoms with Crippen LogP contribution in [0.1, 0.15) is 40.1 Å². The van der Waals surface area contributed by atoms with Crippen LogP contribution in [0, 0.1) is 5.92 Å². The SMILES string of the molecule is CC(C)COc1cc(C(=O)O)cc(N)c1C(=O)c1ccccc1. The second-order valence-corrected chi connectivity index (χ2v) is 5.64. The molecule has 0 unspecified atom stereocenters. The number of aromatic carboxylic acids is 1. The molecule has 0 bridgehead atoms. The van der Waals surface area contributed by atoms with Gasteiger partial charge in [-0.1, -0.05) is 44.2 Å². The summed E-state index contributed by atoms with van der Waals surface area (Å²) in [7, 11) is 0. The van der Waals surface area contributed by atoms with E-state index in [0.29, 0.717) is 12.2 Å². The maximum Gasteiger partial charge on any atom is 0.335 e. The first-order chi connectivity index (χ1) is 10.9. The van der Waals surface area contributed by atoms with E-state index in [1.807, 2.05) is 19.9 Å². The predicted molar refractivity (Wildman–Crippen MR) is 88.0 cm³/mol. The van der Waals surface area contributed by atoms with Crippen LogP contribution in [0.3, 0.4) is 0 Å². The van der Waals surface area contributed by atoms with Gasteiger partial charge in [-0.15, -0.1) is 0 Å². The number of ketones is 1. The van der Waals surface area contributed by atoms with Crippen molar-refractivity contribution in [2.45, 2.75) is 13.8 Å². The highest BCUT2D eigenvalue weighted by Crippen LogP contribution is 2.30. The molecule has 2 rings (SSSR count). The largest absolute Gasteiger partial charge is 0.492 e. The highest BCUT2D eigenvalue weighted by molar-refractivity contribution is 6.14. The first kappa shape index (κ1) is 16.5. The van der Waals surface area contributed by atoms with E-state index in [2.05, 4.69) is 0 Å². The summed E-state index contributed by atoms with van der Waals surface area (Å²) in [4.78, 5) is 23.9. The quantitative estimate of drug-likeness (QED) is 0.631. The molecular weight excluding hydrogens is 294 g/mol. The molecule has 0 spiro atoms. The summed E-state index contributed by atoms with van der Waals surface area (Å²) in [6.45, 7) is 4.28. The van der Waals surface area contributed by atoms with Crippen LogP contribution in [0.25, 0.3) is 0 Å². The molecule has 0 aliphatic carbocycles. The summed E-state index contributed by atoms with van der Waals surface area (Å²) < 4.78 is 5.65. The van der Waals surface area contributed by atoms with E-state index in [0.717, 1.165) is 0 Å². The maximum absolute atomic E-state index is 12.7. The number of nitrogen functional groups attached to an aromatic ring is 1. The Morgan fingerprint density at radius 2 is 1.78 bits per heavy atom. The Morgan fingerprint density at radius 3 is 2.35 bits per heavy atom. The summed E-state index contributed by atoms with van der Waals surface area (Å²) in [6, 6.07) is 11.3. The van der Waals surface area contributed by atoms with E-state index in [-0.39, 0.29) is 34.3 Å². The Balaban J connectivity index is 2.51. The van der Waals surface area contributed by atoms with Crippen LogP contribution in [0.4, 0.5) is 5.69 Å². The van der Waals surface area contributed by atoms with Crippen molar-refractivity contribution in [2.24, 2.45) is 5.92 Å². The third-order valence-corrected chi connectivity index (χ3v) is 3.21. The van der Waals surface area contributed by atoms with Crippen LogP contribution >= 0.6 is 0 Å². The molecule has 0 aliphatic rings. The van der Waals surface area contributed by atoms with Gasteiger partial charge in [0, 0.05) is 11.3 Å². The van der Waals surface area contributed by atoms with Gasteiger partial charge < -0.3 is 15.6 Å². The van der Waals surface area contributed by atoms with E-state index in [1.54, 1.807) is 24.3 Å². The molecule has 0 saturated carbocycles. The zero-order valence-electron chi connectivity index (χ0n) is 13.1. The minimum atomic E-state index is -1.12. The number of carbonyl (C=O) groups excluding carboxylic acids is 1. The van der Waals surface area contributed by atoms with Gasteiger partial charge in [-0.25, -0.2) is 4.79 Å². The van der Waals surface area contributed by atoms with Crippen LogP contribution in [0.2, 0.25) is 0 Å². The van der Waals surface area contributed by atoms with Crippen molar-refractivity contribution in [2.75, 3.05) is 12.3 Å². The number of benzene rings is 2. The smallest absolute Gasteiger partial charge is 0.335 e. The summed E-state index contributed by atoms with van der Waals surface area (Å²) in [5, 5.41) is 9.16. The number of ether oxygens (including phenoxy) is 1. The fraction of sp³-hybridized carbons (Fsp3) is 0.222. The van der Waals surface area contributed by atoms with E-state index in [1.165, 1.54) is 12.1 Å². The minimum absolute atomic E-state index is 0.00846. The molecule has 0 atom stereocenters. The Labute approximate surface area is 134 Å². The number of nitrogens with two attached hydrogens (primary N) is 1. The third kappa shape index (κ3) is 3.88. The van der Waals surface area contributed by atoms with Crippen LogP contribution in [0.5, 0.6) is 5.75 Å². The molecule has 2 aromatic carbocycles. The molecule has 0 aliphatic heterocycles. The van der Waals surface area contributed by atoms with Gasteiger partial charge >= 0.3 is 5.97 Å². The summed E-state index contributed by atoms with van der Waals surface area (Å²) in [6.07, 6.45) is 0. The molecule has 2 aromatic rings. The highest BCUT2D eigenvalue weighted by atomic mass is 16.5. The second-order valence-electron chi connectivity index (χ2n) is 5.64. The standard InChI is InChI=1S/C18H19NO4/c1-11(2)10-23-15-9-13(18(21)22)8-14(19)16(15)17(20)12-6-4-3-5-7-12/h3-9,11H,10,19H2,1-2H3,(H,21,22). The van der Waals surface area contributed by atoms with Crippen molar-refractivity contribution in [3.05, 3.63) is 59.2 Å². The molecule has 3 N–H and O–H groups in total. The number of hydrogen-bond donors (Lipinski definition) is 2. The average Bonchev–Trinajstić information content (AvgIpc) is 2.52. The lowest BCUT2D eigenvalue weighted by Gasteiger charge is -2.15. The van der Waals surface area contributed by atoms with Crippen LogP contribution in [-0.4, -0.2) is 23.5 Å². The normalized spacial score (nSPS) is 10.6. The second kappa shape index (κ2) is 6.96. The highest BCUT2D eigenvalue weighted by Gasteiger charge is 2.21. The van der Waals surface area contributed by atoms with Crippen LogP contribution < -0.4 is 10.5 Å². The number of anilines is 1. The van der Waals surface area contributed by atoms with Crippen molar-refractivity contribution in [3.8, 4) is 5.75 Å². The van der Waals surface area contributed by atoms with Gasteiger partial charge in [-0.05, 0) is 18.1 Å². The van der Waals surface area contributed by atoms with Crippen LogP contribution in [-0.2, 0) is 0 Å². The molecule has 0 aromatic heterocycles. The van der Waals surface area contributed by atoms with Crippen molar-refractivity contribution in [1.82, 2.24) is 0 Å². The van der Waals surface area contributed by atoms with Crippen molar-refractivity contribution in [3.63, 3.8) is 0 Å². The number of hydrogen-bond acceptors (Lipinski definition) is 4. The molecule has 0 radical (unpaired) electrons. The lowest BCUT2D eigenvalue weighted by molar-refractivity contribution is 0.0695. The molecular formula is C18H19NO4. The van der Waals surface area contributed by atoms with Gasteiger partial charge in [0.15, 0.2) is 5.78 Å². The van der Waals surface area contributed by atoms with Crippen molar-refractivity contribution < 1.29 is 19.4 Å². The van der Waals surface area contributed by atoms with Gasteiger partial charge in [0.2, 0.25) is 0 Å². The van der Waals surface area contributed by atoms with E-state index >= 15 is 0 Å². The zero-order valence-corrected chi connectivity index (χ0v) is 13.1. The number of carboxylic acids is 1. The molecule has 120 valence electrons. The molecule has 0 amide bonds. The molecule has 0 saturated heterocycles.